The molecule has 2 aliphatic rings. The minimum atomic E-state index is -0.694. The number of hydrogen-bond acceptors (Lipinski definition) is 3. The van der Waals surface area contributed by atoms with Crippen molar-refractivity contribution >= 4 is 24.1 Å². The van der Waals surface area contributed by atoms with Crippen molar-refractivity contribution in [1.82, 2.24) is 4.90 Å². The highest BCUT2D eigenvalue weighted by molar-refractivity contribution is 5.98. The number of nitrogens with zero attached hydrogens (tertiary/aromatic N) is 1. The zero-order chi connectivity index (χ0) is 18.0. The molecule has 2 N–H and O–H groups in total. The summed E-state index contributed by atoms with van der Waals surface area (Å²) in [5, 5.41) is 0. The standard InChI is InChI=1S/C19H24F2N2O2.ClH/c20-14-4-5-16(21)15(11-14)19(25)12-6-8-23(9-7-12)18(24)10-13-2-1-3-17(13)22;/h4-5,11-13,17H,1-3,6-10,22H2;1H/t13-,17+;/m0./s1. The average Bonchev–Trinajstić information content (AvgIpc) is 3.01. The van der Waals surface area contributed by atoms with E-state index in [9.17, 15) is 18.4 Å². The summed E-state index contributed by atoms with van der Waals surface area (Å²) in [6, 6.07) is 3.04. The molecule has 1 saturated heterocycles. The van der Waals surface area contributed by atoms with Gasteiger partial charge in [0, 0.05) is 31.5 Å². The van der Waals surface area contributed by atoms with E-state index in [1.54, 1.807) is 4.90 Å². The number of rotatable bonds is 4. The van der Waals surface area contributed by atoms with Gasteiger partial charge in [0.2, 0.25) is 5.91 Å². The summed E-state index contributed by atoms with van der Waals surface area (Å²) in [4.78, 5) is 26.6. The van der Waals surface area contributed by atoms with Crippen LogP contribution in [0.5, 0.6) is 0 Å². The molecule has 1 aromatic rings. The minimum absolute atomic E-state index is 0. The van der Waals surface area contributed by atoms with Gasteiger partial charge in [0.15, 0.2) is 5.78 Å². The van der Waals surface area contributed by atoms with E-state index in [2.05, 4.69) is 0 Å². The number of ketones is 1. The monoisotopic (exact) mass is 386 g/mol. The summed E-state index contributed by atoms with van der Waals surface area (Å²) in [5.74, 6) is -1.71. The maximum atomic E-state index is 13.8. The van der Waals surface area contributed by atoms with Crippen LogP contribution in [0, 0.1) is 23.5 Å². The zero-order valence-corrected chi connectivity index (χ0v) is 15.4. The van der Waals surface area contributed by atoms with Gasteiger partial charge in [-0.25, -0.2) is 8.78 Å². The molecule has 2 fully saturated rings. The van der Waals surface area contributed by atoms with Crippen LogP contribution >= 0.6 is 12.4 Å². The Kier molecular flexibility index (Phi) is 7.12. The van der Waals surface area contributed by atoms with Crippen LogP contribution in [0.25, 0.3) is 0 Å². The largest absolute Gasteiger partial charge is 0.343 e. The molecule has 144 valence electrons. The predicted octanol–water partition coefficient (Wildman–Crippen LogP) is 3.33. The van der Waals surface area contributed by atoms with Gasteiger partial charge in [-0.3, -0.25) is 9.59 Å². The van der Waals surface area contributed by atoms with Crippen molar-refractivity contribution < 1.29 is 18.4 Å². The Labute approximate surface area is 158 Å². The molecule has 1 heterocycles. The third kappa shape index (κ3) is 4.60. The number of amides is 1. The lowest BCUT2D eigenvalue weighted by molar-refractivity contribution is -0.133. The third-order valence-electron chi connectivity index (χ3n) is 5.57. The topological polar surface area (TPSA) is 63.4 Å². The van der Waals surface area contributed by atoms with Gasteiger partial charge in [-0.05, 0) is 49.8 Å². The van der Waals surface area contributed by atoms with Gasteiger partial charge in [-0.1, -0.05) is 6.42 Å². The first-order valence-corrected chi connectivity index (χ1v) is 8.98. The fourth-order valence-corrected chi connectivity index (χ4v) is 3.97. The van der Waals surface area contributed by atoms with Crippen LogP contribution in [-0.4, -0.2) is 35.7 Å². The molecule has 0 radical (unpaired) electrons. The van der Waals surface area contributed by atoms with Crippen molar-refractivity contribution in [3.05, 3.63) is 35.4 Å². The van der Waals surface area contributed by atoms with Gasteiger partial charge in [0.25, 0.3) is 0 Å². The van der Waals surface area contributed by atoms with Crippen LogP contribution in [0.15, 0.2) is 18.2 Å². The number of hydrogen-bond donors (Lipinski definition) is 1. The molecular formula is C19H25ClF2N2O2. The molecular weight excluding hydrogens is 362 g/mol. The Hall–Kier alpha value is -1.53. The van der Waals surface area contributed by atoms with Crippen molar-refractivity contribution in [2.75, 3.05) is 13.1 Å². The maximum Gasteiger partial charge on any atom is 0.222 e. The van der Waals surface area contributed by atoms with Crippen molar-refractivity contribution in [3.63, 3.8) is 0 Å². The molecule has 7 heteroatoms. The van der Waals surface area contributed by atoms with Crippen LogP contribution in [0.2, 0.25) is 0 Å². The highest BCUT2D eigenvalue weighted by Crippen LogP contribution is 2.29. The molecule has 4 nitrogen and oxygen atoms in total. The van der Waals surface area contributed by atoms with Gasteiger partial charge in [-0.2, -0.15) is 0 Å². The van der Waals surface area contributed by atoms with E-state index in [0.717, 1.165) is 37.5 Å². The number of halogens is 3. The number of carbonyl (C=O) groups excluding carboxylic acids is 2. The van der Waals surface area contributed by atoms with Crippen LogP contribution < -0.4 is 5.73 Å². The Balaban J connectivity index is 0.00000243. The summed E-state index contributed by atoms with van der Waals surface area (Å²) < 4.78 is 27.1. The SMILES string of the molecule is Cl.N[C@@H]1CCC[C@H]1CC(=O)N1CCC(C(=O)c2cc(F)ccc2F)CC1. The number of Topliss-reactive ketones (excluding diaryl/α,β-unsaturated/α-hetero) is 1. The van der Waals surface area contributed by atoms with Crippen molar-refractivity contribution in [1.29, 1.82) is 0 Å². The Morgan fingerprint density at radius 2 is 1.81 bits per heavy atom. The molecule has 0 bridgehead atoms. The highest BCUT2D eigenvalue weighted by Gasteiger charge is 2.32. The summed E-state index contributed by atoms with van der Waals surface area (Å²) >= 11 is 0. The molecule has 1 aromatic carbocycles. The zero-order valence-electron chi connectivity index (χ0n) is 14.6. The van der Waals surface area contributed by atoms with Gasteiger partial charge in [0.05, 0.1) is 5.56 Å². The lowest BCUT2D eigenvalue weighted by Crippen LogP contribution is -2.42. The molecule has 0 spiro atoms. The molecule has 2 atom stereocenters. The number of likely N-dealkylation sites (tertiary alicyclic amines) is 1. The van der Waals surface area contributed by atoms with E-state index in [4.69, 9.17) is 5.73 Å². The van der Waals surface area contributed by atoms with E-state index >= 15 is 0 Å². The quantitative estimate of drug-likeness (QED) is 0.807. The van der Waals surface area contributed by atoms with Crippen molar-refractivity contribution in [3.8, 4) is 0 Å². The lowest BCUT2D eigenvalue weighted by atomic mass is 9.88. The molecule has 26 heavy (non-hydrogen) atoms. The van der Waals surface area contributed by atoms with Crippen LogP contribution in [0.1, 0.15) is 48.9 Å². The second-order valence-electron chi connectivity index (χ2n) is 7.20. The van der Waals surface area contributed by atoms with Crippen LogP contribution in [0.4, 0.5) is 8.78 Å². The fourth-order valence-electron chi connectivity index (χ4n) is 3.97. The smallest absolute Gasteiger partial charge is 0.222 e. The molecule has 3 rings (SSSR count). The highest BCUT2D eigenvalue weighted by atomic mass is 35.5. The third-order valence-corrected chi connectivity index (χ3v) is 5.57. The van der Waals surface area contributed by atoms with Crippen LogP contribution in [-0.2, 0) is 4.79 Å². The first-order valence-electron chi connectivity index (χ1n) is 8.98. The van der Waals surface area contributed by atoms with Crippen molar-refractivity contribution in [2.45, 2.75) is 44.6 Å². The molecule has 0 aromatic heterocycles. The van der Waals surface area contributed by atoms with E-state index in [1.165, 1.54) is 0 Å². The van der Waals surface area contributed by atoms with Crippen molar-refractivity contribution in [2.24, 2.45) is 17.6 Å². The van der Waals surface area contributed by atoms with E-state index in [-0.39, 0.29) is 47.5 Å². The first-order chi connectivity index (χ1) is 12.0. The Morgan fingerprint density at radius 1 is 1.12 bits per heavy atom. The fraction of sp³-hybridized carbons (Fsp3) is 0.579. The maximum absolute atomic E-state index is 13.8. The van der Waals surface area contributed by atoms with Gasteiger partial charge in [0.1, 0.15) is 11.6 Å². The predicted molar refractivity (Wildman–Crippen MR) is 97.2 cm³/mol. The van der Waals surface area contributed by atoms with Gasteiger partial charge >= 0.3 is 0 Å². The Morgan fingerprint density at radius 3 is 2.42 bits per heavy atom. The summed E-state index contributed by atoms with van der Waals surface area (Å²) in [6.45, 7) is 0.961. The second-order valence-corrected chi connectivity index (χ2v) is 7.20. The lowest BCUT2D eigenvalue weighted by Gasteiger charge is -2.32. The minimum Gasteiger partial charge on any atom is -0.343 e. The van der Waals surface area contributed by atoms with Gasteiger partial charge in [-0.15, -0.1) is 12.4 Å². The average molecular weight is 387 g/mol. The summed E-state index contributed by atoms with van der Waals surface area (Å²) in [6.07, 6.45) is 4.50. The molecule has 1 aliphatic carbocycles. The van der Waals surface area contributed by atoms with E-state index in [1.807, 2.05) is 0 Å². The number of nitrogens with two attached hydrogens (primary N) is 1. The molecule has 1 saturated carbocycles. The number of piperidine rings is 1. The Bertz CT molecular complexity index is 663. The van der Waals surface area contributed by atoms with E-state index in [0.29, 0.717) is 32.4 Å². The molecule has 0 unspecified atom stereocenters. The normalized spacial score (nSPS) is 23.6. The van der Waals surface area contributed by atoms with Crippen LogP contribution in [0.3, 0.4) is 0 Å². The van der Waals surface area contributed by atoms with Gasteiger partial charge < -0.3 is 10.6 Å². The summed E-state index contributed by atoms with van der Waals surface area (Å²) in [7, 11) is 0. The molecule has 1 amide bonds. The van der Waals surface area contributed by atoms with E-state index < -0.39 is 11.6 Å². The first kappa shape index (κ1) is 20.8. The number of benzene rings is 1. The second kappa shape index (κ2) is 8.91. The molecule has 1 aliphatic heterocycles. The summed E-state index contributed by atoms with van der Waals surface area (Å²) in [5.41, 5.74) is 5.83. The number of carbonyl (C=O) groups is 2.